The molecule has 0 aliphatic rings. The average molecular weight is 849 g/mol. The zero-order valence-corrected chi connectivity index (χ0v) is 29.2. The van der Waals surface area contributed by atoms with E-state index in [0.717, 1.165) is 29.8 Å². The molecule has 2 aromatic heterocycles. The summed E-state index contributed by atoms with van der Waals surface area (Å²) in [5.74, 6) is 1.11. The third kappa shape index (κ3) is 8.67. The lowest BCUT2D eigenvalue weighted by atomic mass is 10.2. The molecule has 5 aromatic rings. The van der Waals surface area contributed by atoms with Crippen LogP contribution < -0.4 is 20.2 Å². The maximum absolute atomic E-state index is 12.6. The van der Waals surface area contributed by atoms with Gasteiger partial charge in [0.2, 0.25) is 0 Å². The summed E-state index contributed by atoms with van der Waals surface area (Å²) in [5.41, 5.74) is 7.23. The van der Waals surface area contributed by atoms with Crippen LogP contribution in [0.4, 0.5) is 5.69 Å². The third-order valence-electron chi connectivity index (χ3n) is 6.51. The smallest absolute Gasteiger partial charge is 0.307 e. The van der Waals surface area contributed by atoms with E-state index in [1.807, 2.05) is 36.4 Å². The number of halogens is 3. The maximum Gasteiger partial charge on any atom is 0.307 e. The van der Waals surface area contributed by atoms with Gasteiger partial charge in [0, 0.05) is 27.8 Å². The van der Waals surface area contributed by atoms with Crippen molar-refractivity contribution in [2.45, 2.75) is 20.5 Å². The van der Waals surface area contributed by atoms with E-state index in [1.165, 1.54) is 6.21 Å². The number of furan rings is 1. The Morgan fingerprint density at radius 2 is 1.58 bits per heavy atom. The first-order chi connectivity index (χ1) is 21.7. The van der Waals surface area contributed by atoms with Crippen LogP contribution in [0.3, 0.4) is 0 Å². The van der Waals surface area contributed by atoms with Crippen LogP contribution >= 0.6 is 56.8 Å². The number of carbonyl (C=O) groups excluding carboxylic acids is 2. The van der Waals surface area contributed by atoms with Crippen LogP contribution in [0, 0.1) is 21.0 Å². The zero-order valence-electron chi connectivity index (χ0n) is 24.1. The molecule has 0 radical (unpaired) electrons. The Hall–Kier alpha value is -3.82. The summed E-state index contributed by atoms with van der Waals surface area (Å²) in [7, 11) is 0. The minimum atomic E-state index is -0.490. The summed E-state index contributed by atoms with van der Waals surface area (Å²) in [6.07, 6.45) is 1.52. The fourth-order valence-corrected chi connectivity index (χ4v) is 6.63. The number of hydrazone groups is 1. The van der Waals surface area contributed by atoms with Gasteiger partial charge in [0.05, 0.1) is 13.4 Å². The highest BCUT2D eigenvalue weighted by Crippen LogP contribution is 2.29. The van der Waals surface area contributed by atoms with Gasteiger partial charge in [0.15, 0.2) is 12.4 Å². The van der Waals surface area contributed by atoms with Gasteiger partial charge in [-0.05, 0) is 150 Å². The van der Waals surface area contributed by atoms with Crippen LogP contribution in [0.1, 0.15) is 33.3 Å². The average Bonchev–Trinajstić information content (AvgIpc) is 3.63. The van der Waals surface area contributed by atoms with Crippen molar-refractivity contribution in [3.63, 3.8) is 0 Å². The predicted octanol–water partition coefficient (Wildman–Crippen LogP) is 7.91. The zero-order chi connectivity index (χ0) is 31.9. The topological polar surface area (TPSA) is 107 Å². The van der Waals surface area contributed by atoms with Gasteiger partial charge in [-0.25, -0.2) is 5.43 Å². The lowest BCUT2D eigenvalue weighted by Crippen LogP contribution is -2.20. The van der Waals surface area contributed by atoms with Crippen molar-refractivity contribution in [2.24, 2.45) is 5.10 Å². The number of amides is 2. The molecule has 0 atom stereocenters. The number of carbonyl (C=O) groups is 2. The van der Waals surface area contributed by atoms with E-state index in [2.05, 4.69) is 91.6 Å². The second kappa shape index (κ2) is 15.0. The van der Waals surface area contributed by atoms with Crippen molar-refractivity contribution >= 4 is 80.5 Å². The van der Waals surface area contributed by atoms with Gasteiger partial charge in [-0.2, -0.15) is 5.10 Å². The number of benzene rings is 3. The highest BCUT2D eigenvalue weighted by Gasteiger charge is 2.13. The Balaban J connectivity index is 1.10. The molecule has 0 aliphatic carbocycles. The number of aromatic nitrogens is 1. The van der Waals surface area contributed by atoms with Crippen LogP contribution in [-0.2, 0) is 11.4 Å². The van der Waals surface area contributed by atoms with Crippen molar-refractivity contribution in [3.8, 4) is 17.2 Å². The maximum atomic E-state index is 12.6. The number of hydrogen-bond donors (Lipinski definition) is 2. The molecule has 0 saturated heterocycles. The molecule has 0 spiro atoms. The molecule has 12 heteroatoms. The van der Waals surface area contributed by atoms with Crippen LogP contribution in [0.25, 0.3) is 5.69 Å². The number of rotatable bonds is 11. The minimum Gasteiger partial charge on any atom is -0.486 e. The Morgan fingerprint density at radius 1 is 0.911 bits per heavy atom. The Kier molecular flexibility index (Phi) is 10.8. The van der Waals surface area contributed by atoms with E-state index in [0.29, 0.717) is 28.0 Å². The van der Waals surface area contributed by atoms with Crippen molar-refractivity contribution < 1.29 is 23.5 Å². The van der Waals surface area contributed by atoms with Gasteiger partial charge in [0.25, 0.3) is 5.91 Å². The summed E-state index contributed by atoms with van der Waals surface area (Å²) in [6.45, 7) is 4.15. The van der Waals surface area contributed by atoms with E-state index in [9.17, 15) is 9.59 Å². The molecule has 230 valence electrons. The Bertz CT molecular complexity index is 1810. The van der Waals surface area contributed by atoms with Crippen molar-refractivity contribution in [1.82, 2.24) is 9.99 Å². The van der Waals surface area contributed by atoms with Crippen molar-refractivity contribution in [2.75, 3.05) is 11.9 Å². The second-order valence-corrected chi connectivity index (χ2v) is 12.6. The molecule has 5 rings (SSSR count). The SMILES string of the molecule is Cc1ccc(C)n1-c1ccc(OCc2ccc(C(=O)N/N=C/c3cc(I)c(OCC(=O)Nc4ccc(Cl)cc4)c(I)c3)o2)cc1. The summed E-state index contributed by atoms with van der Waals surface area (Å²) in [6, 6.07) is 25.7. The van der Waals surface area contributed by atoms with E-state index in [4.69, 9.17) is 25.5 Å². The van der Waals surface area contributed by atoms with Gasteiger partial charge in [0.1, 0.15) is 23.9 Å². The van der Waals surface area contributed by atoms with Gasteiger partial charge in [-0.1, -0.05) is 11.6 Å². The molecule has 2 N–H and O–H groups in total. The molecule has 2 amide bonds. The lowest BCUT2D eigenvalue weighted by Gasteiger charge is -2.11. The predicted molar refractivity (Wildman–Crippen MR) is 191 cm³/mol. The molecule has 0 unspecified atom stereocenters. The fraction of sp³-hybridized carbons (Fsp3) is 0.121. The first-order valence-electron chi connectivity index (χ1n) is 13.6. The van der Waals surface area contributed by atoms with Crippen molar-refractivity contribution in [1.29, 1.82) is 0 Å². The summed E-state index contributed by atoms with van der Waals surface area (Å²) in [5, 5.41) is 7.41. The van der Waals surface area contributed by atoms with E-state index in [-0.39, 0.29) is 24.9 Å². The number of hydrogen-bond acceptors (Lipinski definition) is 6. The highest BCUT2D eigenvalue weighted by molar-refractivity contribution is 14.1. The molecule has 45 heavy (non-hydrogen) atoms. The number of ether oxygens (including phenoxy) is 2. The normalized spacial score (nSPS) is 11.0. The van der Waals surface area contributed by atoms with Crippen LogP contribution in [0.5, 0.6) is 11.5 Å². The van der Waals surface area contributed by atoms with Crippen LogP contribution in [0.15, 0.2) is 94.4 Å². The first kappa shape index (κ1) is 32.6. The van der Waals surface area contributed by atoms with Crippen molar-refractivity contribution in [3.05, 3.63) is 126 Å². The lowest BCUT2D eigenvalue weighted by molar-refractivity contribution is -0.118. The number of aryl methyl sites for hydroxylation is 2. The molecule has 0 bridgehead atoms. The van der Waals surface area contributed by atoms with Gasteiger partial charge in [-0.15, -0.1) is 0 Å². The first-order valence-corrected chi connectivity index (χ1v) is 16.2. The summed E-state index contributed by atoms with van der Waals surface area (Å²) >= 11 is 10.1. The fourth-order valence-electron chi connectivity index (χ4n) is 4.38. The largest absolute Gasteiger partial charge is 0.486 e. The molecule has 0 saturated carbocycles. The Labute approximate surface area is 292 Å². The number of nitrogens with one attached hydrogen (secondary N) is 2. The Morgan fingerprint density at radius 3 is 2.24 bits per heavy atom. The summed E-state index contributed by atoms with van der Waals surface area (Å²) < 4.78 is 21.0. The molecular weight excluding hydrogens is 822 g/mol. The second-order valence-electron chi connectivity index (χ2n) is 9.86. The molecule has 0 fully saturated rings. The number of anilines is 1. The third-order valence-corrected chi connectivity index (χ3v) is 8.36. The quantitative estimate of drug-likeness (QED) is 0.0799. The van der Waals surface area contributed by atoms with Gasteiger partial charge >= 0.3 is 5.91 Å². The molecule has 3 aromatic carbocycles. The standard InChI is InChI=1S/C33H27ClI2N4O5/c1-20-3-4-21(2)40(20)25-9-11-26(12-10-25)43-18-27-13-14-30(45-27)33(42)39-37-17-22-15-28(35)32(29(36)16-22)44-19-31(41)38-24-7-5-23(34)6-8-24/h3-17H,18-19H2,1-2H3,(H,38,41)(H,39,42)/b37-17+. The van der Waals surface area contributed by atoms with Gasteiger partial charge < -0.3 is 23.8 Å². The molecular formula is C33H27ClI2N4O5. The van der Waals surface area contributed by atoms with Gasteiger partial charge in [-0.3, -0.25) is 9.59 Å². The van der Waals surface area contributed by atoms with Crippen LogP contribution in [-0.4, -0.2) is 29.2 Å². The molecule has 2 heterocycles. The number of nitrogens with zero attached hydrogens (tertiary/aromatic N) is 2. The molecule has 9 nitrogen and oxygen atoms in total. The highest BCUT2D eigenvalue weighted by atomic mass is 127. The van der Waals surface area contributed by atoms with E-state index < -0.39 is 5.91 Å². The summed E-state index contributed by atoms with van der Waals surface area (Å²) in [4.78, 5) is 24.9. The monoisotopic (exact) mass is 848 g/mol. The molecule has 0 aliphatic heterocycles. The van der Waals surface area contributed by atoms with E-state index in [1.54, 1.807) is 36.4 Å². The van der Waals surface area contributed by atoms with E-state index >= 15 is 0 Å². The minimum absolute atomic E-state index is 0.115. The van der Waals surface area contributed by atoms with Crippen LogP contribution in [0.2, 0.25) is 5.02 Å².